The Hall–Kier alpha value is -2.97. The van der Waals surface area contributed by atoms with Gasteiger partial charge >= 0.3 is 0 Å². The van der Waals surface area contributed by atoms with Crippen LogP contribution >= 0.6 is 0 Å². The van der Waals surface area contributed by atoms with Crippen LogP contribution in [-0.4, -0.2) is 27.8 Å². The molecule has 4 rings (SSSR count). The molecule has 0 spiro atoms. The lowest BCUT2D eigenvalue weighted by atomic mass is 10.1. The van der Waals surface area contributed by atoms with Crippen LogP contribution in [0, 0.1) is 17.1 Å². The van der Waals surface area contributed by atoms with E-state index < -0.39 is 0 Å². The monoisotopic (exact) mass is 375 g/mol. The first kappa shape index (κ1) is 18.4. The summed E-state index contributed by atoms with van der Waals surface area (Å²) in [4.78, 5) is 15.3. The van der Waals surface area contributed by atoms with E-state index in [0.717, 1.165) is 29.3 Å². The number of Topliss-reactive ketones (excluding diaryl/α,β-unsaturated/α-hetero) is 1. The number of halogens is 1. The predicted octanol–water partition coefficient (Wildman–Crippen LogP) is 4.54. The van der Waals surface area contributed by atoms with E-state index in [0.29, 0.717) is 37.7 Å². The second kappa shape index (κ2) is 7.95. The van der Waals surface area contributed by atoms with Gasteiger partial charge in [-0.05, 0) is 36.6 Å². The highest BCUT2D eigenvalue weighted by molar-refractivity contribution is 6.09. The van der Waals surface area contributed by atoms with E-state index in [2.05, 4.69) is 11.0 Å². The first-order chi connectivity index (χ1) is 13.7. The third-order valence-corrected chi connectivity index (χ3v) is 5.26. The number of nitriles is 1. The van der Waals surface area contributed by atoms with E-state index >= 15 is 0 Å². The molecule has 0 amide bonds. The summed E-state index contributed by atoms with van der Waals surface area (Å²) in [6.07, 6.45) is 4.48. The largest absolute Gasteiger partial charge is 0.346 e. The zero-order chi connectivity index (χ0) is 19.5. The molecule has 0 unspecified atom stereocenters. The number of nitrogens with zero attached hydrogens (tertiary/aromatic N) is 3. The summed E-state index contributed by atoms with van der Waals surface area (Å²) >= 11 is 0. The van der Waals surface area contributed by atoms with E-state index in [-0.39, 0.29) is 11.6 Å². The maximum absolute atomic E-state index is 13.2. The van der Waals surface area contributed by atoms with Crippen molar-refractivity contribution in [3.05, 3.63) is 71.7 Å². The Morgan fingerprint density at radius 2 is 1.93 bits per heavy atom. The van der Waals surface area contributed by atoms with E-state index in [1.54, 1.807) is 12.1 Å². The van der Waals surface area contributed by atoms with Crippen molar-refractivity contribution >= 4 is 16.7 Å². The molecule has 142 valence electrons. The SMILES string of the molecule is N#CCCn1cc(C(=O)CN(Cc2ccc(F)cc2)C2CC2)c2ccccc21. The first-order valence-electron chi connectivity index (χ1n) is 9.62. The van der Waals surface area contributed by atoms with Crippen LogP contribution in [0.5, 0.6) is 0 Å². The topological polar surface area (TPSA) is 49.0 Å². The molecule has 0 aliphatic heterocycles. The molecule has 1 fully saturated rings. The van der Waals surface area contributed by atoms with E-state index in [9.17, 15) is 9.18 Å². The minimum absolute atomic E-state index is 0.0842. The van der Waals surface area contributed by atoms with Gasteiger partial charge in [-0.15, -0.1) is 0 Å². The highest BCUT2D eigenvalue weighted by Gasteiger charge is 2.31. The van der Waals surface area contributed by atoms with E-state index in [1.807, 2.05) is 35.0 Å². The molecule has 0 N–H and O–H groups in total. The van der Waals surface area contributed by atoms with Gasteiger partial charge in [0, 0.05) is 41.8 Å². The fraction of sp³-hybridized carbons (Fsp3) is 0.304. The number of benzene rings is 2. The Labute approximate surface area is 163 Å². The lowest BCUT2D eigenvalue weighted by Gasteiger charge is -2.21. The molecule has 1 aliphatic carbocycles. The molecule has 1 heterocycles. The lowest BCUT2D eigenvalue weighted by Crippen LogP contribution is -2.31. The van der Waals surface area contributed by atoms with Gasteiger partial charge in [0.25, 0.3) is 0 Å². The number of ketones is 1. The molecule has 28 heavy (non-hydrogen) atoms. The lowest BCUT2D eigenvalue weighted by molar-refractivity contribution is 0.0920. The second-order valence-corrected chi connectivity index (χ2v) is 7.35. The highest BCUT2D eigenvalue weighted by atomic mass is 19.1. The summed E-state index contributed by atoms with van der Waals surface area (Å²) < 4.78 is 15.2. The maximum Gasteiger partial charge on any atom is 0.178 e. The van der Waals surface area contributed by atoms with Crippen molar-refractivity contribution in [3.63, 3.8) is 0 Å². The van der Waals surface area contributed by atoms with E-state index in [1.165, 1.54) is 12.1 Å². The van der Waals surface area contributed by atoms with Crippen LogP contribution in [0.3, 0.4) is 0 Å². The normalized spacial score (nSPS) is 13.8. The van der Waals surface area contributed by atoms with Crippen molar-refractivity contribution in [1.29, 1.82) is 5.26 Å². The van der Waals surface area contributed by atoms with Gasteiger partial charge in [-0.25, -0.2) is 4.39 Å². The Morgan fingerprint density at radius 1 is 1.18 bits per heavy atom. The number of fused-ring (bicyclic) bond motifs is 1. The maximum atomic E-state index is 13.2. The predicted molar refractivity (Wildman–Crippen MR) is 106 cm³/mol. The summed E-state index contributed by atoms with van der Waals surface area (Å²) in [6, 6.07) is 16.9. The second-order valence-electron chi connectivity index (χ2n) is 7.35. The molecule has 0 bridgehead atoms. The van der Waals surface area contributed by atoms with Gasteiger partial charge in [-0.1, -0.05) is 30.3 Å². The minimum atomic E-state index is -0.247. The molecule has 2 aromatic carbocycles. The van der Waals surface area contributed by atoms with Crippen molar-refractivity contribution in [2.75, 3.05) is 6.54 Å². The standard InChI is InChI=1S/C23H22FN3O/c24-18-8-6-17(7-9-18)14-27(19-10-11-19)16-23(28)21-15-26(13-3-12-25)22-5-2-1-4-20(21)22/h1-2,4-9,15,19H,3,10-11,13-14,16H2. The van der Waals surface area contributed by atoms with Crippen molar-refractivity contribution < 1.29 is 9.18 Å². The van der Waals surface area contributed by atoms with E-state index in [4.69, 9.17) is 5.26 Å². The molecule has 1 saturated carbocycles. The molecule has 0 saturated heterocycles. The Balaban J connectivity index is 1.56. The number of carbonyl (C=O) groups excluding carboxylic acids is 1. The Bertz CT molecular complexity index is 1030. The average Bonchev–Trinajstić information content (AvgIpc) is 3.49. The molecule has 0 radical (unpaired) electrons. The summed E-state index contributed by atoms with van der Waals surface area (Å²) in [7, 11) is 0. The van der Waals surface area contributed by atoms with Gasteiger partial charge in [0.15, 0.2) is 5.78 Å². The molecular formula is C23H22FN3O. The van der Waals surface area contributed by atoms with Gasteiger partial charge in [-0.3, -0.25) is 9.69 Å². The van der Waals surface area contributed by atoms with Gasteiger partial charge in [0.05, 0.1) is 19.0 Å². The molecule has 5 heteroatoms. The van der Waals surface area contributed by atoms with Crippen molar-refractivity contribution in [3.8, 4) is 6.07 Å². The van der Waals surface area contributed by atoms with Crippen LogP contribution in [0.2, 0.25) is 0 Å². The summed E-state index contributed by atoms with van der Waals surface area (Å²) in [6.45, 7) is 1.56. The Kier molecular flexibility index (Phi) is 5.23. The smallest absolute Gasteiger partial charge is 0.178 e. The number of aromatic nitrogens is 1. The fourth-order valence-corrected chi connectivity index (χ4v) is 3.67. The van der Waals surface area contributed by atoms with Gasteiger partial charge in [0.1, 0.15) is 5.82 Å². The number of hydrogen-bond donors (Lipinski definition) is 0. The number of para-hydroxylation sites is 1. The zero-order valence-corrected chi connectivity index (χ0v) is 15.6. The van der Waals surface area contributed by atoms with Crippen molar-refractivity contribution in [2.45, 2.75) is 38.4 Å². The van der Waals surface area contributed by atoms with Crippen LogP contribution in [0.4, 0.5) is 4.39 Å². The van der Waals surface area contributed by atoms with Gasteiger partial charge in [-0.2, -0.15) is 5.26 Å². The fourth-order valence-electron chi connectivity index (χ4n) is 3.67. The third-order valence-electron chi connectivity index (χ3n) is 5.26. The van der Waals surface area contributed by atoms with Gasteiger partial charge < -0.3 is 4.57 Å². The zero-order valence-electron chi connectivity index (χ0n) is 15.6. The summed E-state index contributed by atoms with van der Waals surface area (Å²) in [5.41, 5.74) is 2.70. The van der Waals surface area contributed by atoms with Crippen LogP contribution in [0.25, 0.3) is 10.9 Å². The third kappa shape index (κ3) is 3.97. The number of carbonyl (C=O) groups is 1. The molecule has 4 nitrogen and oxygen atoms in total. The van der Waals surface area contributed by atoms with Gasteiger partial charge in [0.2, 0.25) is 0 Å². The number of aryl methyl sites for hydroxylation is 1. The number of rotatable bonds is 8. The summed E-state index contributed by atoms with van der Waals surface area (Å²) in [5.74, 6) is -0.163. The first-order valence-corrected chi connectivity index (χ1v) is 9.62. The van der Waals surface area contributed by atoms with Crippen LogP contribution in [0.15, 0.2) is 54.7 Å². The Morgan fingerprint density at radius 3 is 2.64 bits per heavy atom. The molecule has 3 aromatic rings. The molecule has 0 atom stereocenters. The minimum Gasteiger partial charge on any atom is -0.346 e. The molecule has 1 aromatic heterocycles. The molecular weight excluding hydrogens is 353 g/mol. The van der Waals surface area contributed by atoms with Crippen LogP contribution in [0.1, 0.15) is 35.2 Å². The average molecular weight is 375 g/mol. The molecule has 1 aliphatic rings. The van der Waals surface area contributed by atoms with Crippen LogP contribution < -0.4 is 0 Å². The quantitative estimate of drug-likeness (QED) is 0.543. The number of hydrogen-bond acceptors (Lipinski definition) is 3. The van der Waals surface area contributed by atoms with Crippen LogP contribution in [-0.2, 0) is 13.1 Å². The summed E-state index contributed by atoms with van der Waals surface area (Å²) in [5, 5.41) is 9.83. The van der Waals surface area contributed by atoms with Crippen molar-refractivity contribution in [2.24, 2.45) is 0 Å². The van der Waals surface area contributed by atoms with Crippen molar-refractivity contribution in [1.82, 2.24) is 9.47 Å². The highest BCUT2D eigenvalue weighted by Crippen LogP contribution is 2.29.